The van der Waals surface area contributed by atoms with E-state index in [4.69, 9.17) is 4.74 Å². The van der Waals surface area contributed by atoms with Gasteiger partial charge in [-0.1, -0.05) is 6.07 Å². The molecule has 1 fully saturated rings. The number of nitrogens with one attached hydrogen (secondary N) is 2. The molecule has 0 bridgehead atoms. The fourth-order valence-electron chi connectivity index (χ4n) is 1.68. The molecule has 4 nitrogen and oxygen atoms in total. The molecule has 0 saturated carbocycles. The van der Waals surface area contributed by atoms with Crippen molar-refractivity contribution < 1.29 is 9.53 Å². The fraction of sp³-hybridized carbons (Fsp3) is 0.545. The van der Waals surface area contributed by atoms with Crippen LogP contribution in [0.15, 0.2) is 17.5 Å². The van der Waals surface area contributed by atoms with Crippen LogP contribution in [-0.4, -0.2) is 25.3 Å². The van der Waals surface area contributed by atoms with Crippen LogP contribution in [0.4, 0.5) is 4.79 Å². The van der Waals surface area contributed by atoms with Crippen molar-refractivity contribution in [2.75, 3.05) is 13.2 Å². The van der Waals surface area contributed by atoms with Crippen molar-refractivity contribution in [1.82, 2.24) is 10.6 Å². The van der Waals surface area contributed by atoms with Crippen molar-refractivity contribution in [1.29, 1.82) is 0 Å². The maximum absolute atomic E-state index is 11.6. The molecule has 0 aromatic carbocycles. The second-order valence-corrected chi connectivity index (χ2v) is 4.89. The first-order chi connectivity index (χ1) is 7.75. The number of ether oxygens (including phenoxy) is 1. The second kappa shape index (κ2) is 5.32. The van der Waals surface area contributed by atoms with Gasteiger partial charge in [0, 0.05) is 11.5 Å². The van der Waals surface area contributed by atoms with Crippen LogP contribution < -0.4 is 10.6 Å². The number of amides is 2. The van der Waals surface area contributed by atoms with Crippen molar-refractivity contribution in [2.45, 2.75) is 25.4 Å². The van der Waals surface area contributed by atoms with Gasteiger partial charge < -0.3 is 15.4 Å². The normalized spacial score (nSPS) is 21.7. The lowest BCUT2D eigenvalue weighted by molar-refractivity contribution is 0.188. The fourth-order valence-corrected chi connectivity index (χ4v) is 2.42. The van der Waals surface area contributed by atoms with E-state index < -0.39 is 0 Å². The molecule has 2 rings (SSSR count). The average Bonchev–Trinajstić information content (AvgIpc) is 2.88. The first kappa shape index (κ1) is 11.4. The Labute approximate surface area is 99.0 Å². The van der Waals surface area contributed by atoms with Gasteiger partial charge in [0.1, 0.15) is 0 Å². The number of thiophene rings is 1. The van der Waals surface area contributed by atoms with Gasteiger partial charge >= 0.3 is 6.03 Å². The summed E-state index contributed by atoms with van der Waals surface area (Å²) in [5, 5.41) is 7.83. The Morgan fingerprint density at radius 1 is 1.69 bits per heavy atom. The molecule has 5 heteroatoms. The lowest BCUT2D eigenvalue weighted by atomic mass is 10.2. The summed E-state index contributed by atoms with van der Waals surface area (Å²) < 4.78 is 5.19. The minimum atomic E-state index is -0.114. The highest BCUT2D eigenvalue weighted by molar-refractivity contribution is 7.10. The zero-order chi connectivity index (χ0) is 11.4. The maximum Gasteiger partial charge on any atom is 0.315 e. The van der Waals surface area contributed by atoms with Gasteiger partial charge in [0.25, 0.3) is 0 Å². The third-order valence-corrected chi connectivity index (χ3v) is 3.64. The summed E-state index contributed by atoms with van der Waals surface area (Å²) in [4.78, 5) is 12.8. The van der Waals surface area contributed by atoms with Crippen molar-refractivity contribution in [2.24, 2.45) is 0 Å². The van der Waals surface area contributed by atoms with Crippen LogP contribution >= 0.6 is 11.3 Å². The zero-order valence-electron chi connectivity index (χ0n) is 9.23. The van der Waals surface area contributed by atoms with E-state index in [1.165, 1.54) is 0 Å². The minimum Gasteiger partial charge on any atom is -0.379 e. The molecule has 0 spiro atoms. The Kier molecular flexibility index (Phi) is 3.79. The van der Waals surface area contributed by atoms with Crippen LogP contribution in [0.25, 0.3) is 0 Å². The number of hydrogen-bond acceptors (Lipinski definition) is 3. The lowest BCUT2D eigenvalue weighted by Gasteiger charge is -2.15. The summed E-state index contributed by atoms with van der Waals surface area (Å²) in [5.41, 5.74) is 0. The third kappa shape index (κ3) is 2.96. The van der Waals surface area contributed by atoms with Crippen molar-refractivity contribution in [3.8, 4) is 0 Å². The van der Waals surface area contributed by atoms with Gasteiger partial charge in [0.15, 0.2) is 0 Å². The van der Waals surface area contributed by atoms with Gasteiger partial charge in [-0.15, -0.1) is 11.3 Å². The molecular weight excluding hydrogens is 224 g/mol. The molecule has 1 aliphatic rings. The van der Waals surface area contributed by atoms with Crippen molar-refractivity contribution in [3.05, 3.63) is 22.4 Å². The quantitative estimate of drug-likeness (QED) is 0.847. The molecule has 16 heavy (non-hydrogen) atoms. The Morgan fingerprint density at radius 2 is 2.56 bits per heavy atom. The predicted molar refractivity (Wildman–Crippen MR) is 63.6 cm³/mol. The Hall–Kier alpha value is -1.07. The maximum atomic E-state index is 11.6. The number of carbonyl (C=O) groups is 1. The molecule has 1 saturated heterocycles. The molecule has 2 unspecified atom stereocenters. The van der Waals surface area contributed by atoms with Gasteiger partial charge in [0.2, 0.25) is 0 Å². The molecule has 1 aliphatic heterocycles. The molecule has 2 atom stereocenters. The summed E-state index contributed by atoms with van der Waals surface area (Å²) in [6.07, 6.45) is 0.904. The molecule has 1 aromatic rings. The number of carbonyl (C=O) groups excluding carboxylic acids is 1. The Bertz CT molecular complexity index is 334. The third-order valence-electron chi connectivity index (χ3n) is 2.58. The van der Waals surface area contributed by atoms with Crippen LogP contribution in [0.3, 0.4) is 0 Å². The zero-order valence-corrected chi connectivity index (χ0v) is 10.0. The predicted octanol–water partition coefficient (Wildman–Crippen LogP) is 1.90. The topological polar surface area (TPSA) is 50.4 Å². The summed E-state index contributed by atoms with van der Waals surface area (Å²) in [6, 6.07) is 4.11. The van der Waals surface area contributed by atoms with E-state index >= 15 is 0 Å². The van der Waals surface area contributed by atoms with Gasteiger partial charge in [-0.2, -0.15) is 0 Å². The van der Waals surface area contributed by atoms with Crippen LogP contribution in [0.2, 0.25) is 0 Å². The Morgan fingerprint density at radius 3 is 3.19 bits per heavy atom. The van der Waals surface area contributed by atoms with Crippen molar-refractivity contribution >= 4 is 17.4 Å². The van der Waals surface area contributed by atoms with Gasteiger partial charge in [0.05, 0.1) is 18.7 Å². The molecule has 0 aliphatic carbocycles. The van der Waals surface area contributed by atoms with E-state index in [0.717, 1.165) is 17.9 Å². The van der Waals surface area contributed by atoms with Crippen LogP contribution in [-0.2, 0) is 4.74 Å². The highest BCUT2D eigenvalue weighted by Gasteiger charge is 2.18. The highest BCUT2D eigenvalue weighted by atomic mass is 32.1. The molecule has 0 radical (unpaired) electrons. The lowest BCUT2D eigenvalue weighted by Crippen LogP contribution is -2.43. The number of urea groups is 1. The standard InChI is InChI=1S/C11H16N2O2S/c1-8(10-3-2-6-16-10)12-11(14)13-9-4-5-15-7-9/h2-3,6,8-9H,4-5,7H2,1H3,(H2,12,13,14). The van der Waals surface area contributed by atoms with E-state index in [-0.39, 0.29) is 18.1 Å². The largest absolute Gasteiger partial charge is 0.379 e. The van der Waals surface area contributed by atoms with Gasteiger partial charge in [-0.3, -0.25) is 0 Å². The van der Waals surface area contributed by atoms with E-state index in [1.807, 2.05) is 24.4 Å². The van der Waals surface area contributed by atoms with Crippen LogP contribution in [0.5, 0.6) is 0 Å². The van der Waals surface area contributed by atoms with Gasteiger partial charge in [-0.25, -0.2) is 4.79 Å². The molecule has 88 valence electrons. The second-order valence-electron chi connectivity index (χ2n) is 3.92. The minimum absolute atomic E-state index is 0.0577. The van der Waals surface area contributed by atoms with Crippen molar-refractivity contribution in [3.63, 3.8) is 0 Å². The van der Waals surface area contributed by atoms with Crippen LogP contribution in [0.1, 0.15) is 24.3 Å². The SMILES string of the molecule is CC(NC(=O)NC1CCOC1)c1cccs1. The Balaban J connectivity index is 1.78. The average molecular weight is 240 g/mol. The molecule has 1 aromatic heterocycles. The van der Waals surface area contributed by atoms with Crippen LogP contribution in [0, 0.1) is 0 Å². The van der Waals surface area contributed by atoms with E-state index in [2.05, 4.69) is 10.6 Å². The first-order valence-corrected chi connectivity index (χ1v) is 6.32. The number of hydrogen-bond donors (Lipinski definition) is 2. The number of rotatable bonds is 3. The summed E-state index contributed by atoms with van der Waals surface area (Å²) in [5.74, 6) is 0. The molecule has 2 amide bonds. The highest BCUT2D eigenvalue weighted by Crippen LogP contribution is 2.17. The molecule has 2 heterocycles. The first-order valence-electron chi connectivity index (χ1n) is 5.44. The summed E-state index contributed by atoms with van der Waals surface area (Å²) in [6.45, 7) is 3.35. The summed E-state index contributed by atoms with van der Waals surface area (Å²) in [7, 11) is 0. The van der Waals surface area contributed by atoms with E-state index in [9.17, 15) is 4.79 Å². The smallest absolute Gasteiger partial charge is 0.315 e. The monoisotopic (exact) mass is 240 g/mol. The molecular formula is C11H16N2O2S. The van der Waals surface area contributed by atoms with E-state index in [1.54, 1.807) is 11.3 Å². The summed E-state index contributed by atoms with van der Waals surface area (Å²) >= 11 is 1.65. The molecule has 2 N–H and O–H groups in total. The van der Waals surface area contributed by atoms with Gasteiger partial charge in [-0.05, 0) is 24.8 Å². The van der Waals surface area contributed by atoms with E-state index in [0.29, 0.717) is 6.61 Å².